The zero-order chi connectivity index (χ0) is 18.3. The Morgan fingerprint density at radius 2 is 2.04 bits per heavy atom. The zero-order valence-corrected chi connectivity index (χ0v) is 15.4. The van der Waals surface area contributed by atoms with Crippen LogP contribution >= 0.6 is 11.3 Å². The van der Waals surface area contributed by atoms with Crippen LogP contribution in [-0.4, -0.2) is 29.0 Å². The number of aromatic amines is 1. The number of nitrogens with one attached hydrogen (secondary N) is 1. The molecule has 9 heteroatoms. The van der Waals surface area contributed by atoms with Gasteiger partial charge in [-0.25, -0.2) is 8.42 Å². The van der Waals surface area contributed by atoms with Crippen LogP contribution in [-0.2, 0) is 15.6 Å². The van der Waals surface area contributed by atoms with Crippen molar-refractivity contribution in [1.82, 2.24) is 20.6 Å². The third-order valence-corrected chi connectivity index (χ3v) is 7.75. The van der Waals surface area contributed by atoms with E-state index in [1.165, 1.54) is 11.3 Å². The first-order chi connectivity index (χ1) is 12.4. The lowest BCUT2D eigenvalue weighted by atomic mass is 10.1. The molecular formula is C17H15N5O2S2. The summed E-state index contributed by atoms with van der Waals surface area (Å²) in [6.45, 7) is 1.82. The maximum Gasteiger partial charge on any atom is 0.204 e. The Hall–Kier alpha value is -2.78. The first-order valence-electron chi connectivity index (χ1n) is 7.78. The van der Waals surface area contributed by atoms with E-state index in [0.717, 1.165) is 15.6 Å². The molecule has 0 saturated heterocycles. The van der Waals surface area contributed by atoms with Gasteiger partial charge in [0.25, 0.3) is 0 Å². The molecule has 0 aliphatic rings. The highest BCUT2D eigenvalue weighted by Crippen LogP contribution is 2.36. The minimum absolute atomic E-state index is 0.0954. The van der Waals surface area contributed by atoms with E-state index in [4.69, 9.17) is 5.73 Å². The number of tetrazole rings is 1. The molecule has 2 aromatic carbocycles. The standard InChI is InChI=1S/C17H15N5O2S2/c1-10-14-8-13(18)5-6-15(14)25-17(10)26(23,24)9-11-3-2-4-12(7-11)16-19-21-22-20-16/h2-8H,9,18H2,1H3,(H,19,20,21,22). The molecule has 0 aliphatic carbocycles. The number of nitrogens with zero attached hydrogens (tertiary/aromatic N) is 3. The van der Waals surface area contributed by atoms with Gasteiger partial charge in [-0.1, -0.05) is 18.2 Å². The molecule has 4 rings (SSSR count). The van der Waals surface area contributed by atoms with E-state index in [-0.39, 0.29) is 5.75 Å². The molecule has 0 amide bonds. The van der Waals surface area contributed by atoms with Gasteiger partial charge in [0, 0.05) is 16.0 Å². The molecule has 0 aliphatic heterocycles. The van der Waals surface area contributed by atoms with Crippen LogP contribution in [0.5, 0.6) is 0 Å². The van der Waals surface area contributed by atoms with Crippen LogP contribution in [0.15, 0.2) is 46.7 Å². The summed E-state index contributed by atoms with van der Waals surface area (Å²) in [5.41, 5.74) is 8.58. The van der Waals surface area contributed by atoms with Gasteiger partial charge in [0.05, 0.1) is 5.75 Å². The molecule has 0 fully saturated rings. The lowest BCUT2D eigenvalue weighted by Gasteiger charge is -2.05. The fourth-order valence-electron chi connectivity index (χ4n) is 2.88. The van der Waals surface area contributed by atoms with Gasteiger partial charge in [-0.2, -0.15) is 5.21 Å². The summed E-state index contributed by atoms with van der Waals surface area (Å²) in [5, 5.41) is 14.7. The highest BCUT2D eigenvalue weighted by Gasteiger charge is 2.22. The third-order valence-electron chi connectivity index (χ3n) is 4.09. The van der Waals surface area contributed by atoms with E-state index in [1.807, 2.05) is 25.1 Å². The molecule has 7 nitrogen and oxygen atoms in total. The first kappa shape index (κ1) is 16.7. The molecule has 0 spiro atoms. The van der Waals surface area contributed by atoms with E-state index in [1.54, 1.807) is 24.3 Å². The molecule has 0 radical (unpaired) electrons. The van der Waals surface area contributed by atoms with Gasteiger partial charge in [0.2, 0.25) is 5.82 Å². The smallest absolute Gasteiger partial charge is 0.204 e. The van der Waals surface area contributed by atoms with Crippen molar-refractivity contribution < 1.29 is 8.42 Å². The molecule has 2 heterocycles. The first-order valence-corrected chi connectivity index (χ1v) is 10.2. The number of anilines is 1. The Bertz CT molecular complexity index is 1200. The quantitative estimate of drug-likeness (QED) is 0.522. The zero-order valence-electron chi connectivity index (χ0n) is 13.8. The predicted molar refractivity (Wildman–Crippen MR) is 101 cm³/mol. The van der Waals surface area contributed by atoms with Crippen LogP contribution in [0.25, 0.3) is 21.5 Å². The Morgan fingerprint density at radius 3 is 2.81 bits per heavy atom. The van der Waals surface area contributed by atoms with Crippen molar-refractivity contribution in [3.63, 3.8) is 0 Å². The lowest BCUT2D eigenvalue weighted by Crippen LogP contribution is -2.04. The van der Waals surface area contributed by atoms with Crippen molar-refractivity contribution >= 4 is 36.9 Å². The molecule has 3 N–H and O–H groups in total. The normalized spacial score (nSPS) is 11.9. The van der Waals surface area contributed by atoms with Crippen LogP contribution in [0, 0.1) is 6.92 Å². The van der Waals surface area contributed by atoms with Crippen molar-refractivity contribution in [2.24, 2.45) is 0 Å². The number of nitrogens with two attached hydrogens (primary N) is 1. The molecular weight excluding hydrogens is 370 g/mol. The number of benzene rings is 2. The van der Waals surface area contributed by atoms with E-state index < -0.39 is 9.84 Å². The molecule has 26 heavy (non-hydrogen) atoms. The van der Waals surface area contributed by atoms with Gasteiger partial charge in [-0.3, -0.25) is 0 Å². The number of aryl methyl sites for hydroxylation is 1. The Labute approximate surface area is 153 Å². The highest BCUT2D eigenvalue weighted by atomic mass is 32.2. The molecule has 132 valence electrons. The highest BCUT2D eigenvalue weighted by molar-refractivity contribution is 7.93. The number of sulfone groups is 1. The van der Waals surface area contributed by atoms with Crippen molar-refractivity contribution in [1.29, 1.82) is 0 Å². The molecule has 0 saturated carbocycles. The van der Waals surface area contributed by atoms with Crippen LogP contribution in [0.3, 0.4) is 0 Å². The number of aromatic nitrogens is 4. The Morgan fingerprint density at radius 1 is 1.19 bits per heavy atom. The molecule has 2 aromatic heterocycles. The monoisotopic (exact) mass is 385 g/mol. The maximum absolute atomic E-state index is 13.0. The number of rotatable bonds is 4. The SMILES string of the molecule is Cc1c(S(=O)(=O)Cc2cccc(-c3nn[nH]n3)c2)sc2ccc(N)cc12. The number of hydrogen-bond donors (Lipinski definition) is 2. The van der Waals surface area contributed by atoms with Gasteiger partial charge in [0.1, 0.15) is 4.21 Å². The largest absolute Gasteiger partial charge is 0.399 e. The Balaban J connectivity index is 1.72. The van der Waals surface area contributed by atoms with Crippen LogP contribution in [0.2, 0.25) is 0 Å². The summed E-state index contributed by atoms with van der Waals surface area (Å²) < 4.78 is 27.3. The van der Waals surface area contributed by atoms with Gasteiger partial charge in [-0.05, 0) is 52.9 Å². The van der Waals surface area contributed by atoms with Crippen molar-refractivity contribution in [3.05, 3.63) is 53.6 Å². The average Bonchev–Trinajstić information content (AvgIpc) is 3.24. The second-order valence-electron chi connectivity index (χ2n) is 5.96. The van der Waals surface area contributed by atoms with Crippen LogP contribution in [0.4, 0.5) is 5.69 Å². The topological polar surface area (TPSA) is 115 Å². The second-order valence-corrected chi connectivity index (χ2v) is 9.20. The number of hydrogen-bond acceptors (Lipinski definition) is 7. The molecule has 0 atom stereocenters. The summed E-state index contributed by atoms with van der Waals surface area (Å²) in [6.07, 6.45) is 0. The summed E-state index contributed by atoms with van der Waals surface area (Å²) in [4.78, 5) is 0. The van der Waals surface area contributed by atoms with Crippen LogP contribution in [0.1, 0.15) is 11.1 Å². The van der Waals surface area contributed by atoms with E-state index >= 15 is 0 Å². The number of thiophene rings is 1. The van der Waals surface area contributed by atoms with Crippen LogP contribution < -0.4 is 5.73 Å². The second kappa shape index (κ2) is 6.19. The summed E-state index contributed by atoms with van der Waals surface area (Å²) >= 11 is 1.28. The van der Waals surface area contributed by atoms with Crippen molar-refractivity contribution in [2.75, 3.05) is 5.73 Å². The number of H-pyrrole nitrogens is 1. The minimum Gasteiger partial charge on any atom is -0.399 e. The fourth-order valence-corrected chi connectivity index (χ4v) is 6.08. The number of fused-ring (bicyclic) bond motifs is 1. The van der Waals surface area contributed by atoms with E-state index in [9.17, 15) is 8.42 Å². The lowest BCUT2D eigenvalue weighted by molar-refractivity contribution is 0.597. The van der Waals surface area contributed by atoms with Gasteiger partial charge in [-0.15, -0.1) is 21.5 Å². The molecule has 4 aromatic rings. The predicted octanol–water partition coefficient (Wildman–Crippen LogP) is 2.95. The summed E-state index contributed by atoms with van der Waals surface area (Å²) in [6, 6.07) is 12.6. The Kier molecular flexibility index (Phi) is 3.97. The van der Waals surface area contributed by atoms with Gasteiger partial charge >= 0.3 is 0 Å². The van der Waals surface area contributed by atoms with E-state index in [0.29, 0.717) is 26.8 Å². The number of nitrogen functional groups attached to an aromatic ring is 1. The fraction of sp³-hybridized carbons (Fsp3) is 0.118. The minimum atomic E-state index is -3.49. The summed E-state index contributed by atoms with van der Waals surface area (Å²) in [7, 11) is -3.49. The maximum atomic E-state index is 13.0. The summed E-state index contributed by atoms with van der Waals surface area (Å²) in [5.74, 6) is 0.333. The average molecular weight is 385 g/mol. The van der Waals surface area contributed by atoms with Crippen molar-refractivity contribution in [2.45, 2.75) is 16.9 Å². The third kappa shape index (κ3) is 2.95. The molecule has 0 unspecified atom stereocenters. The van der Waals surface area contributed by atoms with Gasteiger partial charge < -0.3 is 5.73 Å². The van der Waals surface area contributed by atoms with E-state index in [2.05, 4.69) is 20.6 Å². The van der Waals surface area contributed by atoms with Crippen molar-refractivity contribution in [3.8, 4) is 11.4 Å². The molecule has 0 bridgehead atoms. The van der Waals surface area contributed by atoms with Gasteiger partial charge in [0.15, 0.2) is 9.84 Å².